The lowest BCUT2D eigenvalue weighted by atomic mass is 10.2. The first-order valence-corrected chi connectivity index (χ1v) is 7.15. The molecule has 0 aliphatic carbocycles. The van der Waals surface area contributed by atoms with Crippen LogP contribution in [-0.4, -0.2) is 7.05 Å². The molecule has 0 saturated carbocycles. The molecule has 0 unspecified atom stereocenters. The fraction of sp³-hybridized carbons (Fsp3) is 0.200. The monoisotopic (exact) mass is 339 g/mol. The number of halogens is 2. The standard InChI is InChI=1S/C15H15BrClNO/c1-10-6-7-12(16)8-14(10)19-15-11(9-18-2)4-3-5-13(15)17/h3-8,18H,9H2,1-2H3. The van der Waals surface area contributed by atoms with Crippen LogP contribution in [0.2, 0.25) is 5.02 Å². The molecule has 0 aliphatic heterocycles. The summed E-state index contributed by atoms with van der Waals surface area (Å²) in [6.45, 7) is 2.72. The molecule has 0 saturated heterocycles. The first-order chi connectivity index (χ1) is 9.11. The van der Waals surface area contributed by atoms with Gasteiger partial charge in [0.2, 0.25) is 0 Å². The third kappa shape index (κ3) is 3.50. The highest BCUT2D eigenvalue weighted by Gasteiger charge is 2.10. The van der Waals surface area contributed by atoms with Crippen molar-refractivity contribution >= 4 is 27.5 Å². The minimum atomic E-state index is 0.618. The zero-order chi connectivity index (χ0) is 13.8. The van der Waals surface area contributed by atoms with Crippen LogP contribution in [0.25, 0.3) is 0 Å². The van der Waals surface area contributed by atoms with Gasteiger partial charge in [-0.25, -0.2) is 0 Å². The van der Waals surface area contributed by atoms with Gasteiger partial charge in [-0.2, -0.15) is 0 Å². The molecule has 0 aromatic heterocycles. The van der Waals surface area contributed by atoms with Gasteiger partial charge in [-0.3, -0.25) is 0 Å². The summed E-state index contributed by atoms with van der Waals surface area (Å²) in [5.74, 6) is 1.51. The van der Waals surface area contributed by atoms with Crippen LogP contribution in [0.3, 0.4) is 0 Å². The fourth-order valence-electron chi connectivity index (χ4n) is 1.79. The van der Waals surface area contributed by atoms with Gasteiger partial charge >= 0.3 is 0 Å². The minimum Gasteiger partial charge on any atom is -0.455 e. The maximum atomic E-state index is 6.24. The van der Waals surface area contributed by atoms with Crippen molar-refractivity contribution in [3.05, 3.63) is 57.0 Å². The molecule has 0 heterocycles. The molecule has 0 atom stereocenters. The highest BCUT2D eigenvalue weighted by Crippen LogP contribution is 2.35. The smallest absolute Gasteiger partial charge is 0.150 e. The quantitative estimate of drug-likeness (QED) is 0.852. The normalized spacial score (nSPS) is 10.5. The third-order valence-electron chi connectivity index (χ3n) is 2.78. The van der Waals surface area contributed by atoms with Crippen molar-refractivity contribution in [1.82, 2.24) is 5.32 Å². The Morgan fingerprint density at radius 3 is 2.79 bits per heavy atom. The van der Waals surface area contributed by atoms with E-state index in [1.807, 2.05) is 50.4 Å². The van der Waals surface area contributed by atoms with Gasteiger partial charge in [0.25, 0.3) is 0 Å². The van der Waals surface area contributed by atoms with Crippen molar-refractivity contribution in [1.29, 1.82) is 0 Å². The Labute approximate surface area is 126 Å². The molecule has 0 amide bonds. The molecule has 0 bridgehead atoms. The second-order valence-electron chi connectivity index (χ2n) is 4.27. The van der Waals surface area contributed by atoms with E-state index in [1.165, 1.54) is 0 Å². The van der Waals surface area contributed by atoms with E-state index >= 15 is 0 Å². The Bertz CT molecular complexity index is 586. The summed E-state index contributed by atoms with van der Waals surface area (Å²) < 4.78 is 6.98. The molecular formula is C15H15BrClNO. The lowest BCUT2D eigenvalue weighted by Crippen LogP contribution is -2.06. The summed E-state index contributed by atoms with van der Waals surface area (Å²) in [5, 5.41) is 3.73. The van der Waals surface area contributed by atoms with Gasteiger partial charge in [0.15, 0.2) is 5.75 Å². The molecule has 100 valence electrons. The largest absolute Gasteiger partial charge is 0.455 e. The maximum Gasteiger partial charge on any atom is 0.150 e. The zero-order valence-corrected chi connectivity index (χ0v) is 13.2. The van der Waals surface area contributed by atoms with E-state index < -0.39 is 0 Å². The summed E-state index contributed by atoms with van der Waals surface area (Å²) in [6, 6.07) is 11.7. The molecule has 2 rings (SSSR count). The summed E-state index contributed by atoms with van der Waals surface area (Å²) in [5.41, 5.74) is 2.10. The van der Waals surface area contributed by atoms with Gasteiger partial charge in [0.05, 0.1) is 5.02 Å². The molecule has 2 aromatic carbocycles. The minimum absolute atomic E-state index is 0.618. The molecule has 19 heavy (non-hydrogen) atoms. The van der Waals surface area contributed by atoms with E-state index in [1.54, 1.807) is 0 Å². The van der Waals surface area contributed by atoms with Crippen molar-refractivity contribution in [2.24, 2.45) is 0 Å². The SMILES string of the molecule is CNCc1cccc(Cl)c1Oc1cc(Br)ccc1C. The summed E-state index contributed by atoms with van der Waals surface area (Å²) in [4.78, 5) is 0. The molecule has 2 nitrogen and oxygen atoms in total. The highest BCUT2D eigenvalue weighted by atomic mass is 79.9. The van der Waals surface area contributed by atoms with Gasteiger partial charge in [0.1, 0.15) is 5.75 Å². The molecule has 0 radical (unpaired) electrons. The van der Waals surface area contributed by atoms with Crippen LogP contribution < -0.4 is 10.1 Å². The van der Waals surface area contributed by atoms with Gasteiger partial charge in [-0.15, -0.1) is 0 Å². The summed E-state index contributed by atoms with van der Waals surface area (Å²) in [7, 11) is 1.90. The van der Waals surface area contributed by atoms with E-state index in [-0.39, 0.29) is 0 Å². The molecule has 2 aromatic rings. The van der Waals surface area contributed by atoms with Crippen molar-refractivity contribution in [2.75, 3.05) is 7.05 Å². The van der Waals surface area contributed by atoms with E-state index in [0.717, 1.165) is 21.3 Å². The van der Waals surface area contributed by atoms with Crippen molar-refractivity contribution in [3.8, 4) is 11.5 Å². The lowest BCUT2D eigenvalue weighted by molar-refractivity contribution is 0.470. The van der Waals surface area contributed by atoms with Crippen molar-refractivity contribution in [2.45, 2.75) is 13.5 Å². The third-order valence-corrected chi connectivity index (χ3v) is 3.57. The first-order valence-electron chi connectivity index (χ1n) is 5.98. The van der Waals surface area contributed by atoms with Gasteiger partial charge in [0, 0.05) is 16.6 Å². The van der Waals surface area contributed by atoms with E-state index in [4.69, 9.17) is 16.3 Å². The molecule has 0 fully saturated rings. The highest BCUT2D eigenvalue weighted by molar-refractivity contribution is 9.10. The predicted molar refractivity (Wildman–Crippen MR) is 83.2 cm³/mol. The molecule has 4 heteroatoms. The van der Waals surface area contributed by atoms with Crippen LogP contribution >= 0.6 is 27.5 Å². The number of ether oxygens (including phenoxy) is 1. The van der Waals surface area contributed by atoms with Gasteiger partial charge < -0.3 is 10.1 Å². The van der Waals surface area contributed by atoms with Crippen molar-refractivity contribution < 1.29 is 4.74 Å². The number of rotatable bonds is 4. The Kier molecular flexibility index (Phi) is 4.86. The second-order valence-corrected chi connectivity index (χ2v) is 5.59. The number of para-hydroxylation sites is 1. The summed E-state index contributed by atoms with van der Waals surface area (Å²) in [6.07, 6.45) is 0. The average molecular weight is 341 g/mol. The van der Waals surface area contributed by atoms with Crippen LogP contribution in [-0.2, 0) is 6.54 Å². The van der Waals surface area contributed by atoms with Crippen LogP contribution in [0.5, 0.6) is 11.5 Å². The van der Waals surface area contributed by atoms with E-state index in [2.05, 4.69) is 21.2 Å². The number of hydrogen-bond donors (Lipinski definition) is 1. The van der Waals surface area contributed by atoms with Crippen LogP contribution in [0.15, 0.2) is 40.9 Å². The Morgan fingerprint density at radius 1 is 1.26 bits per heavy atom. The van der Waals surface area contributed by atoms with E-state index in [9.17, 15) is 0 Å². The Morgan fingerprint density at radius 2 is 2.05 bits per heavy atom. The fourth-order valence-corrected chi connectivity index (χ4v) is 2.36. The average Bonchev–Trinajstić information content (AvgIpc) is 2.38. The molecule has 1 N–H and O–H groups in total. The zero-order valence-electron chi connectivity index (χ0n) is 10.8. The first kappa shape index (κ1) is 14.4. The topological polar surface area (TPSA) is 21.3 Å². The van der Waals surface area contributed by atoms with Gasteiger partial charge in [-0.1, -0.05) is 45.7 Å². The van der Waals surface area contributed by atoms with E-state index in [0.29, 0.717) is 17.3 Å². The molecule has 0 spiro atoms. The lowest BCUT2D eigenvalue weighted by Gasteiger charge is -2.14. The number of nitrogens with one attached hydrogen (secondary N) is 1. The Hall–Kier alpha value is -1.03. The summed E-state index contributed by atoms with van der Waals surface area (Å²) >= 11 is 9.69. The Balaban J connectivity index is 2.39. The van der Waals surface area contributed by atoms with Crippen LogP contribution in [0.4, 0.5) is 0 Å². The number of hydrogen-bond acceptors (Lipinski definition) is 2. The number of aryl methyl sites for hydroxylation is 1. The molecule has 0 aliphatic rings. The second kappa shape index (κ2) is 6.42. The predicted octanol–water partition coefficient (Wildman–Crippen LogP) is 4.92. The van der Waals surface area contributed by atoms with Crippen LogP contribution in [0.1, 0.15) is 11.1 Å². The van der Waals surface area contributed by atoms with Crippen LogP contribution in [0, 0.1) is 6.92 Å². The number of benzene rings is 2. The van der Waals surface area contributed by atoms with Gasteiger partial charge in [-0.05, 0) is 37.7 Å². The van der Waals surface area contributed by atoms with Crippen molar-refractivity contribution in [3.63, 3.8) is 0 Å². The maximum absolute atomic E-state index is 6.24. The molecular weight excluding hydrogens is 326 g/mol.